The highest BCUT2D eigenvalue weighted by atomic mass is 16.4. The number of rotatable bonds is 5. The van der Waals surface area contributed by atoms with E-state index in [1.807, 2.05) is 18.2 Å². The second-order valence-electron chi connectivity index (χ2n) is 7.00. The van der Waals surface area contributed by atoms with Crippen molar-refractivity contribution in [1.82, 2.24) is 0 Å². The Balaban J connectivity index is 1.53. The molecule has 31 heavy (non-hydrogen) atoms. The number of nitrogens with one attached hydrogen (secondary N) is 2. The number of hydrogen-bond donors (Lipinski definition) is 2. The fraction of sp³-hybridized carbons (Fsp3) is 0.0800. The predicted octanol–water partition coefficient (Wildman–Crippen LogP) is 5.06. The molecule has 1 heterocycles. The van der Waals surface area contributed by atoms with Crippen molar-refractivity contribution in [3.05, 3.63) is 94.8 Å². The van der Waals surface area contributed by atoms with Crippen LogP contribution in [0, 0.1) is 0 Å². The summed E-state index contributed by atoms with van der Waals surface area (Å²) < 4.78 is 5.39. The van der Waals surface area contributed by atoms with Crippen LogP contribution in [-0.2, 0) is 4.79 Å². The summed E-state index contributed by atoms with van der Waals surface area (Å²) in [5, 5.41) is 6.40. The van der Waals surface area contributed by atoms with Crippen LogP contribution in [-0.4, -0.2) is 11.8 Å². The number of carbonyl (C=O) groups excluding carboxylic acids is 2. The molecule has 0 saturated carbocycles. The van der Waals surface area contributed by atoms with E-state index in [1.54, 1.807) is 67.6 Å². The first-order valence-corrected chi connectivity index (χ1v) is 9.88. The molecule has 0 aliphatic rings. The highest BCUT2D eigenvalue weighted by Gasteiger charge is 2.11. The minimum Gasteiger partial charge on any atom is -0.422 e. The lowest BCUT2D eigenvalue weighted by atomic mass is 10.0. The Bertz CT molecular complexity index is 1320. The van der Waals surface area contributed by atoms with E-state index in [-0.39, 0.29) is 11.8 Å². The lowest BCUT2D eigenvalue weighted by molar-refractivity contribution is -0.115. The Morgan fingerprint density at radius 3 is 2.29 bits per heavy atom. The SMILES string of the molecule is CCC(=O)Nc1cccc(NC(=O)c2ccc(-c3cc4ccccc4oc3=O)cc2)c1. The monoisotopic (exact) mass is 412 g/mol. The smallest absolute Gasteiger partial charge is 0.344 e. The molecule has 154 valence electrons. The standard InChI is InChI=1S/C25H20N2O4/c1-2-23(28)26-19-7-5-8-20(15-19)27-24(29)17-12-10-16(11-13-17)21-14-18-6-3-4-9-22(18)31-25(21)30/h3-15H,2H2,1H3,(H,26,28)(H,27,29). The number of anilines is 2. The van der Waals surface area contributed by atoms with Gasteiger partial charge in [-0.15, -0.1) is 0 Å². The van der Waals surface area contributed by atoms with Crippen molar-refractivity contribution in [3.63, 3.8) is 0 Å². The van der Waals surface area contributed by atoms with E-state index in [0.29, 0.717) is 40.1 Å². The molecule has 1 aromatic heterocycles. The van der Waals surface area contributed by atoms with Gasteiger partial charge in [-0.3, -0.25) is 9.59 Å². The van der Waals surface area contributed by atoms with Crippen molar-refractivity contribution in [3.8, 4) is 11.1 Å². The summed E-state index contributed by atoms with van der Waals surface area (Å²) in [4.78, 5) is 36.5. The van der Waals surface area contributed by atoms with E-state index in [4.69, 9.17) is 4.42 Å². The Hall–Kier alpha value is -4.19. The molecule has 0 spiro atoms. The molecule has 0 unspecified atom stereocenters. The van der Waals surface area contributed by atoms with E-state index < -0.39 is 5.63 Å². The topological polar surface area (TPSA) is 88.4 Å². The Morgan fingerprint density at radius 2 is 1.55 bits per heavy atom. The fourth-order valence-corrected chi connectivity index (χ4v) is 3.19. The summed E-state index contributed by atoms with van der Waals surface area (Å²) >= 11 is 0. The summed E-state index contributed by atoms with van der Waals surface area (Å²) in [6.45, 7) is 1.77. The lowest BCUT2D eigenvalue weighted by Gasteiger charge is -2.09. The van der Waals surface area contributed by atoms with Crippen LogP contribution in [0.5, 0.6) is 0 Å². The molecule has 6 heteroatoms. The zero-order valence-corrected chi connectivity index (χ0v) is 16.8. The Morgan fingerprint density at radius 1 is 0.839 bits per heavy atom. The molecule has 0 aliphatic heterocycles. The number of amides is 2. The van der Waals surface area contributed by atoms with E-state index >= 15 is 0 Å². The van der Waals surface area contributed by atoms with Crippen molar-refractivity contribution in [2.75, 3.05) is 10.6 Å². The highest BCUT2D eigenvalue weighted by molar-refractivity contribution is 6.05. The molecule has 0 bridgehead atoms. The first-order valence-electron chi connectivity index (χ1n) is 9.88. The van der Waals surface area contributed by atoms with E-state index in [0.717, 1.165) is 5.39 Å². The van der Waals surface area contributed by atoms with Gasteiger partial charge in [0.05, 0.1) is 5.56 Å². The number of carbonyl (C=O) groups is 2. The maximum Gasteiger partial charge on any atom is 0.344 e. The molecule has 3 aromatic carbocycles. The van der Waals surface area contributed by atoms with Crippen LogP contribution < -0.4 is 16.3 Å². The van der Waals surface area contributed by atoms with Gasteiger partial charge >= 0.3 is 5.63 Å². The molecular formula is C25H20N2O4. The second kappa shape index (κ2) is 8.67. The molecule has 4 rings (SSSR count). The average Bonchev–Trinajstić information content (AvgIpc) is 2.79. The van der Waals surface area contributed by atoms with Crippen LogP contribution in [0.25, 0.3) is 22.1 Å². The molecule has 0 aliphatic carbocycles. The molecular weight excluding hydrogens is 392 g/mol. The van der Waals surface area contributed by atoms with Gasteiger partial charge in [-0.05, 0) is 48.0 Å². The Kier molecular flexibility index (Phi) is 5.62. The van der Waals surface area contributed by atoms with Gasteiger partial charge in [0.15, 0.2) is 0 Å². The number of hydrogen-bond acceptors (Lipinski definition) is 4. The predicted molar refractivity (Wildman–Crippen MR) is 121 cm³/mol. The van der Waals surface area contributed by atoms with Crippen LogP contribution in [0.2, 0.25) is 0 Å². The molecule has 4 aromatic rings. The van der Waals surface area contributed by atoms with Crippen molar-refractivity contribution in [1.29, 1.82) is 0 Å². The zero-order valence-electron chi connectivity index (χ0n) is 16.8. The summed E-state index contributed by atoms with van der Waals surface area (Å²) in [5.74, 6) is -0.395. The first-order chi connectivity index (χ1) is 15.0. The molecule has 2 N–H and O–H groups in total. The molecule has 0 saturated heterocycles. The largest absolute Gasteiger partial charge is 0.422 e. The second-order valence-corrected chi connectivity index (χ2v) is 7.00. The van der Waals surface area contributed by atoms with Gasteiger partial charge in [0, 0.05) is 28.7 Å². The third kappa shape index (κ3) is 4.53. The third-order valence-electron chi connectivity index (χ3n) is 4.82. The van der Waals surface area contributed by atoms with Crippen molar-refractivity contribution < 1.29 is 14.0 Å². The van der Waals surface area contributed by atoms with Crippen molar-refractivity contribution in [2.24, 2.45) is 0 Å². The maximum atomic E-state index is 12.6. The van der Waals surface area contributed by atoms with Crippen LogP contribution in [0.15, 0.2) is 88.1 Å². The van der Waals surface area contributed by atoms with Gasteiger partial charge in [-0.1, -0.05) is 43.3 Å². The third-order valence-corrected chi connectivity index (χ3v) is 4.82. The van der Waals surface area contributed by atoms with Crippen LogP contribution in [0.1, 0.15) is 23.7 Å². The molecule has 0 radical (unpaired) electrons. The minimum atomic E-state index is -0.429. The molecule has 0 fully saturated rings. The van der Waals surface area contributed by atoms with Gasteiger partial charge < -0.3 is 15.1 Å². The number of benzene rings is 3. The summed E-state index contributed by atoms with van der Waals surface area (Å²) in [5.41, 5.74) is 2.83. The highest BCUT2D eigenvalue weighted by Crippen LogP contribution is 2.22. The van der Waals surface area contributed by atoms with Crippen molar-refractivity contribution in [2.45, 2.75) is 13.3 Å². The van der Waals surface area contributed by atoms with E-state index in [2.05, 4.69) is 10.6 Å². The average molecular weight is 412 g/mol. The summed E-state index contributed by atoms with van der Waals surface area (Å²) in [6.07, 6.45) is 0.374. The van der Waals surface area contributed by atoms with Crippen LogP contribution >= 0.6 is 0 Å². The van der Waals surface area contributed by atoms with Gasteiger partial charge in [0.2, 0.25) is 5.91 Å². The first kappa shape index (κ1) is 20.1. The molecule has 0 atom stereocenters. The molecule has 6 nitrogen and oxygen atoms in total. The number of para-hydroxylation sites is 1. The van der Waals surface area contributed by atoms with Crippen molar-refractivity contribution >= 4 is 34.2 Å². The maximum absolute atomic E-state index is 12.6. The summed E-state index contributed by atoms with van der Waals surface area (Å²) in [7, 11) is 0. The van der Waals surface area contributed by atoms with Crippen LogP contribution in [0.3, 0.4) is 0 Å². The quantitative estimate of drug-likeness (QED) is 0.449. The van der Waals surface area contributed by atoms with Gasteiger partial charge in [-0.2, -0.15) is 0 Å². The van der Waals surface area contributed by atoms with E-state index in [9.17, 15) is 14.4 Å². The lowest BCUT2D eigenvalue weighted by Crippen LogP contribution is -2.13. The van der Waals surface area contributed by atoms with Crippen LogP contribution in [0.4, 0.5) is 11.4 Å². The van der Waals surface area contributed by atoms with Gasteiger partial charge in [0.25, 0.3) is 5.91 Å². The van der Waals surface area contributed by atoms with Gasteiger partial charge in [0.1, 0.15) is 5.58 Å². The minimum absolute atomic E-state index is 0.0998. The Labute approximate surface area is 178 Å². The fourth-order valence-electron chi connectivity index (χ4n) is 3.19. The van der Waals surface area contributed by atoms with Gasteiger partial charge in [-0.25, -0.2) is 4.79 Å². The molecule has 2 amide bonds. The van der Waals surface area contributed by atoms with E-state index in [1.165, 1.54) is 0 Å². The normalized spacial score (nSPS) is 10.6. The zero-order chi connectivity index (χ0) is 21.8. The number of fused-ring (bicyclic) bond motifs is 1. The summed E-state index contributed by atoms with van der Waals surface area (Å²) in [6, 6.07) is 22.8.